The van der Waals surface area contributed by atoms with Gasteiger partial charge in [-0.15, -0.1) is 10.2 Å². The number of hydrogen-bond donors (Lipinski definition) is 0. The fraction of sp³-hybridized carbons (Fsp3) is 0.111. The predicted octanol–water partition coefficient (Wildman–Crippen LogP) is 5.31. The molecular formula is C18H10F3N5OS2. The van der Waals surface area contributed by atoms with E-state index >= 15 is 0 Å². The maximum absolute atomic E-state index is 12.9. The van der Waals surface area contributed by atoms with E-state index in [1.807, 2.05) is 28.7 Å². The number of thioether (sulfide) groups is 1. The summed E-state index contributed by atoms with van der Waals surface area (Å²) in [5.74, 6) is 0.717. The lowest BCUT2D eigenvalue weighted by Crippen LogP contribution is -2.04. The van der Waals surface area contributed by atoms with Crippen molar-refractivity contribution in [3.8, 4) is 11.4 Å². The Labute approximate surface area is 169 Å². The molecule has 11 heteroatoms. The van der Waals surface area contributed by atoms with Crippen LogP contribution in [0.2, 0.25) is 0 Å². The molecule has 146 valence electrons. The molecule has 0 saturated carbocycles. The molecule has 0 bridgehead atoms. The smallest absolute Gasteiger partial charge is 0.338 e. The number of rotatable bonds is 4. The molecule has 0 fully saturated rings. The van der Waals surface area contributed by atoms with E-state index in [9.17, 15) is 13.2 Å². The monoisotopic (exact) mass is 433 g/mol. The van der Waals surface area contributed by atoms with Crippen LogP contribution in [0.5, 0.6) is 0 Å². The number of fused-ring (bicyclic) bond motifs is 3. The number of nitrogens with zero attached hydrogens (tertiary/aromatic N) is 5. The second kappa shape index (κ2) is 6.85. The van der Waals surface area contributed by atoms with Gasteiger partial charge in [0.1, 0.15) is 0 Å². The molecule has 0 unspecified atom stereocenters. The summed E-state index contributed by atoms with van der Waals surface area (Å²) in [6, 6.07) is 12.7. The fourth-order valence-corrected chi connectivity index (χ4v) is 4.65. The zero-order chi connectivity index (χ0) is 20.0. The third-order valence-corrected chi connectivity index (χ3v) is 6.08. The van der Waals surface area contributed by atoms with Crippen LogP contribution in [0.1, 0.15) is 11.5 Å². The lowest BCUT2D eigenvalue weighted by Gasteiger charge is -2.06. The molecular weight excluding hydrogens is 423 g/mol. The molecule has 3 heterocycles. The summed E-state index contributed by atoms with van der Waals surface area (Å²) in [5.41, 5.74) is 0.495. The van der Waals surface area contributed by atoms with E-state index in [0.717, 1.165) is 27.3 Å². The summed E-state index contributed by atoms with van der Waals surface area (Å²) in [7, 11) is 0. The summed E-state index contributed by atoms with van der Waals surface area (Å²) in [5, 5.41) is 12.9. The third-order valence-electron chi connectivity index (χ3n) is 4.15. The van der Waals surface area contributed by atoms with E-state index in [1.54, 1.807) is 11.3 Å². The molecule has 0 saturated heterocycles. The highest BCUT2D eigenvalue weighted by Gasteiger charge is 2.30. The number of aromatic nitrogens is 5. The predicted molar refractivity (Wildman–Crippen MR) is 103 cm³/mol. The van der Waals surface area contributed by atoms with Crippen LogP contribution in [0, 0.1) is 0 Å². The van der Waals surface area contributed by atoms with Gasteiger partial charge in [-0.05, 0) is 24.3 Å². The van der Waals surface area contributed by atoms with Crippen LogP contribution in [0.15, 0.2) is 58.2 Å². The molecule has 0 N–H and O–H groups in total. The Kier molecular flexibility index (Phi) is 4.28. The van der Waals surface area contributed by atoms with E-state index in [0.29, 0.717) is 16.8 Å². The van der Waals surface area contributed by atoms with Crippen molar-refractivity contribution in [2.24, 2.45) is 0 Å². The van der Waals surface area contributed by atoms with Crippen LogP contribution in [-0.4, -0.2) is 24.7 Å². The number of para-hydroxylation sites is 1. The first-order chi connectivity index (χ1) is 14.0. The van der Waals surface area contributed by atoms with Crippen LogP contribution in [0.4, 0.5) is 13.2 Å². The van der Waals surface area contributed by atoms with E-state index in [2.05, 4.69) is 20.3 Å². The zero-order valence-corrected chi connectivity index (χ0v) is 16.1. The Morgan fingerprint density at radius 1 is 1.07 bits per heavy atom. The average Bonchev–Trinajstić information content (AvgIpc) is 3.41. The SMILES string of the molecule is FC(F)(F)c1cccc(-c2noc(CSc3nnc4sc5ccccc5n34)n2)c1. The van der Waals surface area contributed by atoms with Gasteiger partial charge in [-0.25, -0.2) is 0 Å². The van der Waals surface area contributed by atoms with Gasteiger partial charge >= 0.3 is 6.18 Å². The van der Waals surface area contributed by atoms with Gasteiger partial charge in [-0.2, -0.15) is 18.2 Å². The van der Waals surface area contributed by atoms with Crippen LogP contribution >= 0.6 is 23.1 Å². The number of halogens is 3. The van der Waals surface area contributed by atoms with Crippen LogP contribution in [0.3, 0.4) is 0 Å². The van der Waals surface area contributed by atoms with Crippen molar-refractivity contribution in [1.82, 2.24) is 24.7 Å². The number of hydrogen-bond acceptors (Lipinski definition) is 7. The zero-order valence-electron chi connectivity index (χ0n) is 14.4. The standard InChI is InChI=1S/C18H10F3N5OS2/c19-18(20,21)11-5-3-4-10(8-11)15-22-14(27-25-15)9-28-16-23-24-17-26(16)12-6-1-2-7-13(12)29-17/h1-8H,9H2. The molecule has 0 atom stereocenters. The van der Waals surface area contributed by atoms with E-state index < -0.39 is 11.7 Å². The summed E-state index contributed by atoms with van der Waals surface area (Å²) < 4.78 is 47.0. The van der Waals surface area contributed by atoms with Crippen LogP contribution in [0.25, 0.3) is 26.6 Å². The maximum Gasteiger partial charge on any atom is 0.416 e. The van der Waals surface area contributed by atoms with Gasteiger partial charge in [0.05, 0.1) is 21.5 Å². The molecule has 0 radical (unpaired) electrons. The minimum absolute atomic E-state index is 0.110. The topological polar surface area (TPSA) is 69.1 Å². The first-order valence-electron chi connectivity index (χ1n) is 8.35. The first-order valence-corrected chi connectivity index (χ1v) is 10.1. The van der Waals surface area contributed by atoms with Gasteiger partial charge in [-0.1, -0.05) is 52.5 Å². The Morgan fingerprint density at radius 2 is 1.93 bits per heavy atom. The molecule has 0 aliphatic heterocycles. The Balaban J connectivity index is 1.38. The van der Waals surface area contributed by atoms with Gasteiger partial charge in [0, 0.05) is 5.56 Å². The van der Waals surface area contributed by atoms with Crippen molar-refractivity contribution in [2.75, 3.05) is 0 Å². The quantitative estimate of drug-likeness (QED) is 0.358. The largest absolute Gasteiger partial charge is 0.416 e. The molecule has 2 aromatic carbocycles. The highest BCUT2D eigenvalue weighted by Crippen LogP contribution is 2.33. The molecule has 5 aromatic rings. The van der Waals surface area contributed by atoms with Crippen molar-refractivity contribution < 1.29 is 17.7 Å². The van der Waals surface area contributed by atoms with Crippen molar-refractivity contribution in [3.05, 3.63) is 60.0 Å². The highest BCUT2D eigenvalue weighted by atomic mass is 32.2. The van der Waals surface area contributed by atoms with Crippen LogP contribution in [-0.2, 0) is 11.9 Å². The Bertz CT molecular complexity index is 1320. The Hall–Kier alpha value is -2.92. The number of benzene rings is 2. The summed E-state index contributed by atoms with van der Waals surface area (Å²) in [6.45, 7) is 0. The van der Waals surface area contributed by atoms with E-state index in [-0.39, 0.29) is 11.4 Å². The molecule has 5 rings (SSSR count). The second-order valence-corrected chi connectivity index (χ2v) is 8.00. The van der Waals surface area contributed by atoms with Crippen molar-refractivity contribution >= 4 is 38.3 Å². The third kappa shape index (κ3) is 3.36. The number of thiazole rings is 1. The molecule has 3 aromatic heterocycles. The average molecular weight is 433 g/mol. The lowest BCUT2D eigenvalue weighted by molar-refractivity contribution is -0.137. The van der Waals surface area contributed by atoms with Crippen molar-refractivity contribution in [2.45, 2.75) is 17.1 Å². The molecule has 0 amide bonds. The normalized spacial score (nSPS) is 12.2. The maximum atomic E-state index is 12.9. The molecule has 6 nitrogen and oxygen atoms in total. The minimum atomic E-state index is -4.43. The molecule has 0 aliphatic rings. The van der Waals surface area contributed by atoms with Gasteiger partial charge in [0.15, 0.2) is 5.16 Å². The van der Waals surface area contributed by atoms with Gasteiger partial charge in [0.25, 0.3) is 0 Å². The van der Waals surface area contributed by atoms with Crippen molar-refractivity contribution in [3.63, 3.8) is 0 Å². The van der Waals surface area contributed by atoms with Gasteiger partial charge in [-0.3, -0.25) is 4.40 Å². The lowest BCUT2D eigenvalue weighted by atomic mass is 10.1. The van der Waals surface area contributed by atoms with Gasteiger partial charge < -0.3 is 4.52 Å². The van der Waals surface area contributed by atoms with Crippen molar-refractivity contribution in [1.29, 1.82) is 0 Å². The first kappa shape index (κ1) is 18.1. The second-order valence-electron chi connectivity index (χ2n) is 6.05. The minimum Gasteiger partial charge on any atom is -0.338 e. The summed E-state index contributed by atoms with van der Waals surface area (Å²) >= 11 is 2.91. The fourth-order valence-electron chi connectivity index (χ4n) is 2.84. The summed E-state index contributed by atoms with van der Waals surface area (Å²) in [6.07, 6.45) is -4.43. The molecule has 29 heavy (non-hydrogen) atoms. The van der Waals surface area contributed by atoms with E-state index in [4.69, 9.17) is 4.52 Å². The number of alkyl halides is 3. The summed E-state index contributed by atoms with van der Waals surface area (Å²) in [4.78, 5) is 4.99. The molecule has 0 spiro atoms. The highest BCUT2D eigenvalue weighted by molar-refractivity contribution is 7.98. The van der Waals surface area contributed by atoms with Crippen LogP contribution < -0.4 is 0 Å². The van der Waals surface area contributed by atoms with Gasteiger partial charge in [0.2, 0.25) is 16.7 Å². The molecule has 0 aliphatic carbocycles. The Morgan fingerprint density at radius 3 is 2.79 bits per heavy atom. The van der Waals surface area contributed by atoms with E-state index in [1.165, 1.54) is 23.9 Å².